The standard InChI is InChI=1S/C32H38O19/c33-6-14-20(38)24(42)27(45)31(50-14)18-23(41)17(30-26(44)19(37)12(36)8-47-30)22(40)16-11(35)5-13(49-29(16)18)9-1-3-10(4-2-9)48-32-28(46)25(43)21(39)15(7-34)51-32/h1-5,12,14-15,19-21,24-28,30-34,36-46H,6-8H2. The van der Waals surface area contributed by atoms with E-state index >= 15 is 0 Å². The van der Waals surface area contributed by atoms with Crippen LogP contribution < -0.4 is 10.2 Å². The fourth-order valence-corrected chi connectivity index (χ4v) is 6.48. The molecule has 0 saturated carbocycles. The first-order valence-corrected chi connectivity index (χ1v) is 15.8. The third-order valence-electron chi connectivity index (χ3n) is 9.40. The zero-order chi connectivity index (χ0) is 37.0. The van der Waals surface area contributed by atoms with Crippen molar-refractivity contribution in [1.82, 2.24) is 0 Å². The minimum Gasteiger partial charge on any atom is -0.507 e. The summed E-state index contributed by atoms with van der Waals surface area (Å²) in [5, 5.41) is 135. The second kappa shape index (κ2) is 14.5. The smallest absolute Gasteiger partial charge is 0.229 e. The third kappa shape index (κ3) is 6.44. The summed E-state index contributed by atoms with van der Waals surface area (Å²) in [6, 6.07) is 6.40. The molecule has 2 aromatic carbocycles. The van der Waals surface area contributed by atoms with Crippen LogP contribution in [0.2, 0.25) is 0 Å². The first kappa shape index (κ1) is 37.3. The van der Waals surface area contributed by atoms with Crippen molar-refractivity contribution >= 4 is 11.0 Å². The van der Waals surface area contributed by atoms with Crippen LogP contribution >= 0.6 is 0 Å². The number of hydrogen-bond acceptors (Lipinski definition) is 19. The number of ether oxygens (including phenoxy) is 4. The van der Waals surface area contributed by atoms with Crippen molar-refractivity contribution in [3.8, 4) is 28.6 Å². The fraction of sp³-hybridized carbons (Fsp3) is 0.531. The Hall–Kier alpha value is -3.51. The minimum atomic E-state index is -2.04. The van der Waals surface area contributed by atoms with Crippen LogP contribution in [0, 0.1) is 0 Å². The molecule has 0 radical (unpaired) electrons. The Morgan fingerprint density at radius 1 is 0.667 bits per heavy atom. The van der Waals surface area contributed by atoms with E-state index in [2.05, 4.69) is 0 Å². The number of phenolic OH excluding ortho intramolecular Hbond substituents is 2. The Kier molecular flexibility index (Phi) is 10.6. The summed E-state index contributed by atoms with van der Waals surface area (Å²) < 4.78 is 28.0. The van der Waals surface area contributed by atoms with Crippen molar-refractivity contribution in [3.05, 3.63) is 51.7 Å². The van der Waals surface area contributed by atoms with Crippen molar-refractivity contribution in [2.24, 2.45) is 0 Å². The Bertz CT molecular complexity index is 1760. The Morgan fingerprint density at radius 2 is 1.25 bits per heavy atom. The van der Waals surface area contributed by atoms with Gasteiger partial charge in [0.1, 0.15) is 108 Å². The molecule has 280 valence electrons. The van der Waals surface area contributed by atoms with E-state index in [4.69, 9.17) is 23.4 Å². The number of aromatic hydroxyl groups is 2. The van der Waals surface area contributed by atoms with Gasteiger partial charge in [-0.1, -0.05) is 0 Å². The fourth-order valence-electron chi connectivity index (χ4n) is 6.48. The van der Waals surface area contributed by atoms with Gasteiger partial charge < -0.3 is 89.7 Å². The van der Waals surface area contributed by atoms with Gasteiger partial charge in [-0.2, -0.15) is 0 Å². The summed E-state index contributed by atoms with van der Waals surface area (Å²) in [6.45, 7) is -2.12. The molecular formula is C32H38O19. The largest absolute Gasteiger partial charge is 0.507 e. The average Bonchev–Trinajstić information content (AvgIpc) is 3.11. The van der Waals surface area contributed by atoms with Gasteiger partial charge in [0.2, 0.25) is 6.29 Å². The molecule has 0 bridgehead atoms. The number of phenols is 2. The molecule has 14 unspecified atom stereocenters. The lowest BCUT2D eigenvalue weighted by molar-refractivity contribution is -0.277. The first-order valence-electron chi connectivity index (χ1n) is 15.8. The minimum absolute atomic E-state index is 0.0616. The molecule has 6 rings (SSSR count). The zero-order valence-electron chi connectivity index (χ0n) is 26.4. The molecule has 3 aromatic rings. The molecule has 3 fully saturated rings. The van der Waals surface area contributed by atoms with E-state index in [0.717, 1.165) is 6.07 Å². The summed E-state index contributed by atoms with van der Waals surface area (Å²) in [5.74, 6) is -2.09. The van der Waals surface area contributed by atoms with E-state index in [1.54, 1.807) is 0 Å². The van der Waals surface area contributed by atoms with Crippen LogP contribution in [0.1, 0.15) is 23.3 Å². The normalized spacial score (nSPS) is 37.4. The van der Waals surface area contributed by atoms with E-state index in [1.165, 1.54) is 24.3 Å². The van der Waals surface area contributed by atoms with Gasteiger partial charge >= 0.3 is 0 Å². The van der Waals surface area contributed by atoms with Gasteiger partial charge in [-0.05, 0) is 24.3 Å². The van der Waals surface area contributed by atoms with Crippen LogP contribution in [0.25, 0.3) is 22.3 Å². The second-order valence-electron chi connectivity index (χ2n) is 12.6. The van der Waals surface area contributed by atoms with Crippen molar-refractivity contribution in [2.45, 2.75) is 85.6 Å². The van der Waals surface area contributed by atoms with E-state index < -0.39 is 144 Å². The molecule has 19 nitrogen and oxygen atoms in total. The lowest BCUT2D eigenvalue weighted by Gasteiger charge is -2.41. The van der Waals surface area contributed by atoms with Crippen LogP contribution in [-0.4, -0.2) is 160 Å². The lowest BCUT2D eigenvalue weighted by atomic mass is 9.85. The Balaban J connectivity index is 1.45. The van der Waals surface area contributed by atoms with E-state index in [-0.39, 0.29) is 17.1 Å². The van der Waals surface area contributed by atoms with Crippen LogP contribution in [0.4, 0.5) is 0 Å². The van der Waals surface area contributed by atoms with Crippen LogP contribution in [0.15, 0.2) is 39.5 Å². The van der Waals surface area contributed by atoms with E-state index in [9.17, 15) is 71.2 Å². The highest BCUT2D eigenvalue weighted by Gasteiger charge is 2.49. The summed E-state index contributed by atoms with van der Waals surface area (Å²) in [4.78, 5) is 13.7. The molecule has 14 atom stereocenters. The number of aliphatic hydroxyl groups is 11. The van der Waals surface area contributed by atoms with Crippen molar-refractivity contribution in [2.75, 3.05) is 19.8 Å². The molecular weight excluding hydrogens is 688 g/mol. The predicted octanol–water partition coefficient (Wildman–Crippen LogP) is -4.28. The molecule has 3 saturated heterocycles. The van der Waals surface area contributed by atoms with Gasteiger partial charge in [-0.3, -0.25) is 4.79 Å². The maximum Gasteiger partial charge on any atom is 0.229 e. The molecule has 51 heavy (non-hydrogen) atoms. The predicted molar refractivity (Wildman–Crippen MR) is 165 cm³/mol. The van der Waals surface area contributed by atoms with E-state index in [1.807, 2.05) is 0 Å². The summed E-state index contributed by atoms with van der Waals surface area (Å²) >= 11 is 0. The molecule has 3 aliphatic heterocycles. The molecule has 0 spiro atoms. The Labute approximate surface area is 286 Å². The quantitative estimate of drug-likeness (QED) is 0.110. The third-order valence-corrected chi connectivity index (χ3v) is 9.40. The van der Waals surface area contributed by atoms with Gasteiger partial charge in [-0.15, -0.1) is 0 Å². The molecule has 3 aliphatic rings. The first-order chi connectivity index (χ1) is 24.2. The van der Waals surface area contributed by atoms with E-state index in [0.29, 0.717) is 0 Å². The van der Waals surface area contributed by atoms with Gasteiger partial charge in [0.05, 0.1) is 30.9 Å². The summed E-state index contributed by atoms with van der Waals surface area (Å²) in [6.07, 6.45) is -24.0. The maximum absolute atomic E-state index is 13.7. The summed E-state index contributed by atoms with van der Waals surface area (Å²) in [5.41, 5.74) is -2.59. The van der Waals surface area contributed by atoms with Gasteiger partial charge in [0.15, 0.2) is 11.0 Å². The van der Waals surface area contributed by atoms with Gasteiger partial charge in [0.25, 0.3) is 0 Å². The lowest BCUT2D eigenvalue weighted by Crippen LogP contribution is -2.60. The second-order valence-corrected chi connectivity index (χ2v) is 12.6. The topological polar surface area (TPSA) is 330 Å². The molecule has 13 N–H and O–H groups in total. The van der Waals surface area contributed by atoms with Gasteiger partial charge in [-0.25, -0.2) is 0 Å². The molecule has 1 aromatic heterocycles. The molecule has 0 aliphatic carbocycles. The maximum atomic E-state index is 13.7. The SMILES string of the molecule is O=c1cc(-c2ccc(OC3OC(CO)C(O)C(O)C3O)cc2)oc2c(C3OC(CO)C(O)C(O)C3O)c(O)c(C3OCC(O)C(O)C3O)c(O)c12. The highest BCUT2D eigenvalue weighted by atomic mass is 16.7. The molecule has 4 heterocycles. The number of rotatable bonds is 7. The monoisotopic (exact) mass is 726 g/mol. The molecule has 19 heteroatoms. The van der Waals surface area contributed by atoms with Crippen LogP contribution in [-0.2, 0) is 14.2 Å². The van der Waals surface area contributed by atoms with Crippen molar-refractivity contribution in [1.29, 1.82) is 0 Å². The highest BCUT2D eigenvalue weighted by Crippen LogP contribution is 2.50. The number of hydrogen-bond donors (Lipinski definition) is 13. The summed E-state index contributed by atoms with van der Waals surface area (Å²) in [7, 11) is 0. The van der Waals surface area contributed by atoms with Crippen molar-refractivity contribution < 1.29 is 89.7 Å². The number of benzene rings is 2. The molecule has 0 amide bonds. The van der Waals surface area contributed by atoms with Crippen molar-refractivity contribution in [3.63, 3.8) is 0 Å². The van der Waals surface area contributed by atoms with Crippen LogP contribution in [0.5, 0.6) is 17.2 Å². The van der Waals surface area contributed by atoms with Crippen LogP contribution in [0.3, 0.4) is 0 Å². The average molecular weight is 727 g/mol. The highest BCUT2D eigenvalue weighted by molar-refractivity contribution is 5.92. The Morgan fingerprint density at radius 3 is 1.88 bits per heavy atom. The van der Waals surface area contributed by atoms with Gasteiger partial charge in [0, 0.05) is 11.6 Å². The number of aliphatic hydroxyl groups excluding tert-OH is 11. The zero-order valence-corrected chi connectivity index (χ0v) is 26.4. The number of fused-ring (bicyclic) bond motifs is 1.